The van der Waals surface area contributed by atoms with Gasteiger partial charge in [-0.3, -0.25) is 0 Å². The lowest BCUT2D eigenvalue weighted by Gasteiger charge is -2.22. The summed E-state index contributed by atoms with van der Waals surface area (Å²) in [5.41, 5.74) is 0.858. The van der Waals surface area contributed by atoms with Crippen molar-refractivity contribution < 1.29 is 29.6 Å². The van der Waals surface area contributed by atoms with Gasteiger partial charge in [0.15, 0.2) is 0 Å². The number of carbonyl (C=O) groups is 1. The Hall–Kier alpha value is -0.950. The maximum absolute atomic E-state index is 11.6. The van der Waals surface area contributed by atoms with Gasteiger partial charge in [0.05, 0.1) is 30.5 Å². The molecule has 2 aliphatic rings. The van der Waals surface area contributed by atoms with Gasteiger partial charge in [-0.25, -0.2) is 4.79 Å². The Labute approximate surface area is 264 Å². The lowest BCUT2D eigenvalue weighted by Crippen LogP contribution is -2.31. The maximum Gasteiger partial charge on any atom is 0.334 e. The second-order valence-electron chi connectivity index (χ2n) is 13.6. The summed E-state index contributed by atoms with van der Waals surface area (Å²) in [5, 5.41) is 31.5. The van der Waals surface area contributed by atoms with E-state index in [-0.39, 0.29) is 30.4 Å². The molecule has 0 spiro atoms. The summed E-state index contributed by atoms with van der Waals surface area (Å²) in [6.45, 7) is 4.16. The van der Waals surface area contributed by atoms with Gasteiger partial charge in [0.2, 0.25) is 0 Å². The lowest BCUT2D eigenvalue weighted by molar-refractivity contribution is -0.139. The number of esters is 1. The highest BCUT2D eigenvalue weighted by atomic mass is 16.5. The zero-order valence-corrected chi connectivity index (χ0v) is 28.0. The molecule has 0 aromatic carbocycles. The number of carbonyl (C=O) groups excluding carboxylic acids is 1. The van der Waals surface area contributed by atoms with E-state index >= 15 is 0 Å². The summed E-state index contributed by atoms with van der Waals surface area (Å²) in [6, 6.07) is 0. The smallest absolute Gasteiger partial charge is 0.334 e. The van der Waals surface area contributed by atoms with E-state index in [2.05, 4.69) is 6.92 Å². The number of unbranched alkanes of at least 4 members (excludes halogenated alkanes) is 16. The van der Waals surface area contributed by atoms with Gasteiger partial charge in [-0.15, -0.1) is 0 Å². The fourth-order valence-corrected chi connectivity index (χ4v) is 6.74. The quantitative estimate of drug-likeness (QED) is 0.0606. The molecule has 0 aliphatic carbocycles. The molecule has 6 atom stereocenters. The van der Waals surface area contributed by atoms with Crippen molar-refractivity contribution in [1.29, 1.82) is 0 Å². The molecule has 0 bridgehead atoms. The minimum absolute atomic E-state index is 0.0541. The SMILES string of the molecule is CCCCCCCCCC[C@H](O)[C@H]1CC[C@H]([C@H](O)CCCCCC(O)CCCCCCCCCCC2=C[C@H](C)OC2=O)O1. The molecular formula is C37H68O6. The molecule has 6 nitrogen and oxygen atoms in total. The predicted molar refractivity (Wildman–Crippen MR) is 176 cm³/mol. The van der Waals surface area contributed by atoms with Crippen molar-refractivity contribution in [2.45, 2.75) is 217 Å². The first-order chi connectivity index (χ1) is 20.9. The van der Waals surface area contributed by atoms with Crippen molar-refractivity contribution in [3.05, 3.63) is 11.6 Å². The zero-order valence-electron chi connectivity index (χ0n) is 28.0. The average molecular weight is 609 g/mol. The van der Waals surface area contributed by atoms with E-state index in [1.165, 1.54) is 83.5 Å². The third-order valence-electron chi connectivity index (χ3n) is 9.56. The molecule has 1 fully saturated rings. The second kappa shape index (κ2) is 24.3. The van der Waals surface area contributed by atoms with Crippen LogP contribution in [0.5, 0.6) is 0 Å². The third kappa shape index (κ3) is 18.0. The highest BCUT2D eigenvalue weighted by molar-refractivity contribution is 5.90. The van der Waals surface area contributed by atoms with Crippen molar-refractivity contribution in [1.82, 2.24) is 0 Å². The van der Waals surface area contributed by atoms with Crippen LogP contribution < -0.4 is 0 Å². The monoisotopic (exact) mass is 609 g/mol. The molecule has 0 amide bonds. The molecule has 0 saturated carbocycles. The number of hydrogen-bond donors (Lipinski definition) is 3. The summed E-state index contributed by atoms with van der Waals surface area (Å²) < 4.78 is 11.2. The fraction of sp³-hybridized carbons (Fsp3) is 0.919. The molecule has 1 unspecified atom stereocenters. The molecule has 252 valence electrons. The predicted octanol–water partition coefficient (Wildman–Crippen LogP) is 8.87. The number of aliphatic hydroxyl groups is 3. The minimum Gasteiger partial charge on any atom is -0.455 e. The van der Waals surface area contributed by atoms with Crippen LogP contribution in [0.3, 0.4) is 0 Å². The van der Waals surface area contributed by atoms with Crippen LogP contribution in [0.4, 0.5) is 0 Å². The van der Waals surface area contributed by atoms with Crippen LogP contribution in [0.1, 0.15) is 181 Å². The first kappa shape index (κ1) is 38.2. The highest BCUT2D eigenvalue weighted by Crippen LogP contribution is 2.28. The van der Waals surface area contributed by atoms with Crippen molar-refractivity contribution in [2.75, 3.05) is 0 Å². The van der Waals surface area contributed by atoms with Crippen molar-refractivity contribution in [3.8, 4) is 0 Å². The molecule has 3 N–H and O–H groups in total. The molecule has 43 heavy (non-hydrogen) atoms. The van der Waals surface area contributed by atoms with E-state index in [4.69, 9.17) is 9.47 Å². The number of rotatable bonds is 28. The summed E-state index contributed by atoms with van der Waals surface area (Å²) in [6.07, 6.45) is 29.1. The van der Waals surface area contributed by atoms with Gasteiger partial charge in [0.25, 0.3) is 0 Å². The van der Waals surface area contributed by atoms with Gasteiger partial charge in [-0.1, -0.05) is 122 Å². The molecule has 6 heteroatoms. The number of cyclic esters (lactones) is 1. The van der Waals surface area contributed by atoms with E-state index in [1.54, 1.807) is 0 Å². The maximum atomic E-state index is 11.6. The van der Waals surface area contributed by atoms with E-state index in [9.17, 15) is 20.1 Å². The van der Waals surface area contributed by atoms with E-state index in [1.807, 2.05) is 13.0 Å². The minimum atomic E-state index is -0.447. The molecule has 0 radical (unpaired) electrons. The summed E-state index contributed by atoms with van der Waals surface area (Å²) in [5.74, 6) is -0.127. The van der Waals surface area contributed by atoms with Gasteiger partial charge in [0.1, 0.15) is 6.10 Å². The first-order valence-electron chi connectivity index (χ1n) is 18.5. The molecule has 1 saturated heterocycles. The Kier molecular flexibility index (Phi) is 21.6. The fourth-order valence-electron chi connectivity index (χ4n) is 6.74. The lowest BCUT2D eigenvalue weighted by atomic mass is 9.99. The van der Waals surface area contributed by atoms with Crippen LogP contribution in [-0.2, 0) is 14.3 Å². The Balaban J connectivity index is 1.35. The van der Waals surface area contributed by atoms with Gasteiger partial charge in [-0.05, 0) is 64.4 Å². The molecule has 2 aliphatic heterocycles. The largest absolute Gasteiger partial charge is 0.455 e. The van der Waals surface area contributed by atoms with Crippen LogP contribution in [0, 0.1) is 0 Å². The molecule has 2 heterocycles. The van der Waals surface area contributed by atoms with Crippen molar-refractivity contribution in [2.24, 2.45) is 0 Å². The van der Waals surface area contributed by atoms with Gasteiger partial charge in [-0.2, -0.15) is 0 Å². The van der Waals surface area contributed by atoms with Crippen LogP contribution >= 0.6 is 0 Å². The first-order valence-corrected chi connectivity index (χ1v) is 18.5. The van der Waals surface area contributed by atoms with E-state index < -0.39 is 12.2 Å². The molecule has 2 rings (SSSR count). The van der Waals surface area contributed by atoms with Gasteiger partial charge >= 0.3 is 5.97 Å². The Morgan fingerprint density at radius 2 is 1.07 bits per heavy atom. The molecule has 0 aromatic rings. The topological polar surface area (TPSA) is 96.2 Å². The van der Waals surface area contributed by atoms with Crippen molar-refractivity contribution >= 4 is 5.97 Å². The molecular weight excluding hydrogens is 540 g/mol. The van der Waals surface area contributed by atoms with Crippen molar-refractivity contribution in [3.63, 3.8) is 0 Å². The van der Waals surface area contributed by atoms with E-state index in [0.717, 1.165) is 89.0 Å². The number of hydrogen-bond acceptors (Lipinski definition) is 6. The second-order valence-corrected chi connectivity index (χ2v) is 13.6. The normalized spacial score (nSPS) is 22.5. The highest BCUT2D eigenvalue weighted by Gasteiger charge is 2.34. The summed E-state index contributed by atoms with van der Waals surface area (Å²) in [4.78, 5) is 11.6. The van der Waals surface area contributed by atoms with Gasteiger partial charge < -0.3 is 24.8 Å². The summed E-state index contributed by atoms with van der Waals surface area (Å²) in [7, 11) is 0. The Bertz CT molecular complexity index is 724. The summed E-state index contributed by atoms with van der Waals surface area (Å²) >= 11 is 0. The van der Waals surface area contributed by atoms with Crippen LogP contribution in [0.25, 0.3) is 0 Å². The zero-order chi connectivity index (χ0) is 31.1. The third-order valence-corrected chi connectivity index (χ3v) is 9.56. The number of ether oxygens (including phenoxy) is 2. The van der Waals surface area contributed by atoms with Crippen LogP contribution in [0.2, 0.25) is 0 Å². The number of aliphatic hydroxyl groups excluding tert-OH is 3. The van der Waals surface area contributed by atoms with Crippen LogP contribution in [0.15, 0.2) is 11.6 Å². The average Bonchev–Trinajstić information content (AvgIpc) is 3.61. The Morgan fingerprint density at radius 3 is 1.53 bits per heavy atom. The van der Waals surface area contributed by atoms with Crippen LogP contribution in [-0.4, -0.2) is 57.9 Å². The van der Waals surface area contributed by atoms with E-state index in [0.29, 0.717) is 0 Å². The standard InChI is InChI=1S/C37H68O6/c1-3-4-5-6-7-12-15-20-25-33(39)35-27-28-36(43-35)34(40)26-21-16-19-24-32(38)23-18-14-11-9-8-10-13-17-22-31-29-30(2)42-37(31)41/h29-30,32-36,38-40H,3-28H2,1-2H3/t30-,32?,33-,34+,35+,36+/m0/s1. The Morgan fingerprint density at radius 1 is 0.651 bits per heavy atom. The molecule has 0 aromatic heterocycles. The van der Waals surface area contributed by atoms with Gasteiger partial charge in [0, 0.05) is 5.57 Å².